The molecule has 2 heterocycles. The molecule has 0 saturated carbocycles. The van der Waals surface area contributed by atoms with Crippen molar-refractivity contribution < 1.29 is 14.4 Å². The van der Waals surface area contributed by atoms with Gasteiger partial charge in [-0.2, -0.15) is 0 Å². The molecular weight excluding hydrogens is 306 g/mol. The van der Waals surface area contributed by atoms with Gasteiger partial charge < -0.3 is 10.2 Å². The van der Waals surface area contributed by atoms with E-state index in [1.54, 1.807) is 4.90 Å². The first-order chi connectivity index (χ1) is 11.3. The summed E-state index contributed by atoms with van der Waals surface area (Å²) in [5.74, 6) is 0.559. The Morgan fingerprint density at radius 1 is 1.12 bits per heavy atom. The summed E-state index contributed by atoms with van der Waals surface area (Å²) in [5.41, 5.74) is -0.816. The first kappa shape index (κ1) is 18.7. The number of carbonyl (C=O) groups excluding carboxylic acids is 3. The molecule has 0 aromatic rings. The van der Waals surface area contributed by atoms with E-state index < -0.39 is 11.6 Å². The molecule has 2 unspecified atom stereocenters. The molecule has 0 aromatic carbocycles. The van der Waals surface area contributed by atoms with Crippen LogP contribution in [-0.2, 0) is 9.59 Å². The molecule has 0 bridgehead atoms. The van der Waals surface area contributed by atoms with E-state index in [0.29, 0.717) is 37.8 Å². The van der Waals surface area contributed by atoms with Gasteiger partial charge in [0.15, 0.2) is 0 Å². The maximum atomic E-state index is 12.8. The minimum atomic E-state index is -0.816. The quantitative estimate of drug-likeness (QED) is 0.757. The molecule has 1 N–H and O–H groups in total. The van der Waals surface area contributed by atoms with E-state index in [1.807, 2.05) is 13.8 Å². The lowest BCUT2D eigenvalue weighted by atomic mass is 9.88. The Morgan fingerprint density at radius 2 is 1.67 bits per heavy atom. The van der Waals surface area contributed by atoms with Crippen LogP contribution in [0, 0.1) is 11.8 Å². The summed E-state index contributed by atoms with van der Waals surface area (Å²) in [6, 6.07) is -0.423. The molecule has 136 valence electrons. The van der Waals surface area contributed by atoms with Crippen LogP contribution in [0.5, 0.6) is 0 Å². The summed E-state index contributed by atoms with van der Waals surface area (Å²) in [6.07, 6.45) is 3.98. The molecule has 6 nitrogen and oxygen atoms in total. The topological polar surface area (TPSA) is 69.7 Å². The van der Waals surface area contributed by atoms with Crippen LogP contribution in [-0.4, -0.2) is 52.8 Å². The predicted molar refractivity (Wildman–Crippen MR) is 92.3 cm³/mol. The smallest absolute Gasteiger partial charge is 0.325 e. The highest BCUT2D eigenvalue weighted by Crippen LogP contribution is 2.28. The molecule has 0 aliphatic carbocycles. The third-order valence-electron chi connectivity index (χ3n) is 5.11. The Bertz CT molecular complexity index is 490. The summed E-state index contributed by atoms with van der Waals surface area (Å²) in [4.78, 5) is 40.7. The van der Waals surface area contributed by atoms with E-state index in [9.17, 15) is 14.4 Å². The van der Waals surface area contributed by atoms with Gasteiger partial charge in [-0.15, -0.1) is 0 Å². The summed E-state index contributed by atoms with van der Waals surface area (Å²) < 4.78 is 0. The number of nitrogens with zero attached hydrogens (tertiary/aromatic N) is 2. The second kappa shape index (κ2) is 7.53. The molecule has 0 spiro atoms. The minimum Gasteiger partial charge on any atom is -0.341 e. The fourth-order valence-corrected chi connectivity index (χ4v) is 4.24. The van der Waals surface area contributed by atoms with E-state index in [4.69, 9.17) is 0 Å². The van der Waals surface area contributed by atoms with Crippen LogP contribution in [0.3, 0.4) is 0 Å². The fourth-order valence-electron chi connectivity index (χ4n) is 4.24. The van der Waals surface area contributed by atoms with Gasteiger partial charge in [-0.3, -0.25) is 14.5 Å². The summed E-state index contributed by atoms with van der Waals surface area (Å²) >= 11 is 0. The zero-order valence-electron chi connectivity index (χ0n) is 15.4. The van der Waals surface area contributed by atoms with Crippen LogP contribution in [0.2, 0.25) is 0 Å². The van der Waals surface area contributed by atoms with Gasteiger partial charge in [0.05, 0.1) is 0 Å². The number of nitrogens with one attached hydrogen (secondary N) is 1. The van der Waals surface area contributed by atoms with Crippen molar-refractivity contribution in [3.8, 4) is 0 Å². The van der Waals surface area contributed by atoms with Gasteiger partial charge in [0.1, 0.15) is 12.1 Å². The average molecular weight is 337 g/mol. The largest absolute Gasteiger partial charge is 0.341 e. The zero-order chi connectivity index (χ0) is 17.9. The maximum Gasteiger partial charge on any atom is 0.325 e. The fraction of sp³-hybridized carbons (Fsp3) is 0.833. The van der Waals surface area contributed by atoms with Crippen molar-refractivity contribution in [2.45, 2.75) is 65.3 Å². The van der Waals surface area contributed by atoms with E-state index in [0.717, 1.165) is 24.2 Å². The standard InChI is InChI=1S/C18H31N3O3/c1-5-7-18(8-6-2)16(23)21(17(24)19-18)12-15(22)20-10-13(3)9-14(4)11-20/h13-14H,5-12H2,1-4H3,(H,19,24). The van der Waals surface area contributed by atoms with Gasteiger partial charge >= 0.3 is 6.03 Å². The molecule has 2 fully saturated rings. The second-order valence-electron chi connectivity index (χ2n) is 7.65. The Labute approximate surface area is 144 Å². The molecule has 2 aliphatic rings. The lowest BCUT2D eigenvalue weighted by Crippen LogP contribution is -2.49. The molecule has 2 saturated heterocycles. The van der Waals surface area contributed by atoms with Gasteiger partial charge in [-0.25, -0.2) is 4.79 Å². The highest BCUT2D eigenvalue weighted by atomic mass is 16.2. The highest BCUT2D eigenvalue weighted by molar-refractivity contribution is 6.09. The van der Waals surface area contributed by atoms with E-state index in [2.05, 4.69) is 19.2 Å². The van der Waals surface area contributed by atoms with E-state index in [-0.39, 0.29) is 18.4 Å². The molecule has 0 aromatic heterocycles. The molecule has 2 rings (SSSR count). The number of hydrogen-bond donors (Lipinski definition) is 1. The Balaban J connectivity index is 2.07. The number of amides is 4. The number of carbonyl (C=O) groups is 3. The Morgan fingerprint density at radius 3 is 2.17 bits per heavy atom. The molecule has 4 amide bonds. The number of imide groups is 1. The molecule has 2 atom stereocenters. The highest BCUT2D eigenvalue weighted by Gasteiger charge is 2.50. The first-order valence-corrected chi connectivity index (χ1v) is 9.24. The van der Waals surface area contributed by atoms with Crippen LogP contribution < -0.4 is 5.32 Å². The van der Waals surface area contributed by atoms with Crippen molar-refractivity contribution in [1.29, 1.82) is 0 Å². The van der Waals surface area contributed by atoms with Gasteiger partial charge in [-0.05, 0) is 31.1 Å². The molecule has 6 heteroatoms. The molecule has 0 radical (unpaired) electrons. The number of hydrogen-bond acceptors (Lipinski definition) is 3. The SMILES string of the molecule is CCCC1(CCC)NC(=O)N(CC(=O)N2CC(C)CC(C)C2)C1=O. The van der Waals surface area contributed by atoms with Gasteiger partial charge in [-0.1, -0.05) is 40.5 Å². The average Bonchev–Trinajstić information content (AvgIpc) is 2.71. The zero-order valence-corrected chi connectivity index (χ0v) is 15.4. The minimum absolute atomic E-state index is 0.124. The maximum absolute atomic E-state index is 12.8. The summed E-state index contributed by atoms with van der Waals surface area (Å²) in [7, 11) is 0. The van der Waals surface area contributed by atoms with Crippen molar-refractivity contribution in [3.05, 3.63) is 0 Å². The molecule has 24 heavy (non-hydrogen) atoms. The Kier molecular flexibility index (Phi) is 5.88. The number of urea groups is 1. The van der Waals surface area contributed by atoms with Crippen molar-refractivity contribution in [2.75, 3.05) is 19.6 Å². The number of rotatable bonds is 6. The van der Waals surface area contributed by atoms with Crippen molar-refractivity contribution >= 4 is 17.8 Å². The number of likely N-dealkylation sites (tertiary alicyclic amines) is 1. The van der Waals surface area contributed by atoms with Crippen LogP contribution >= 0.6 is 0 Å². The van der Waals surface area contributed by atoms with Gasteiger partial charge in [0, 0.05) is 13.1 Å². The van der Waals surface area contributed by atoms with E-state index >= 15 is 0 Å². The summed E-state index contributed by atoms with van der Waals surface area (Å²) in [6.45, 7) is 9.56. The van der Waals surface area contributed by atoms with Crippen molar-refractivity contribution in [2.24, 2.45) is 11.8 Å². The first-order valence-electron chi connectivity index (χ1n) is 9.24. The van der Waals surface area contributed by atoms with Gasteiger partial charge in [0.25, 0.3) is 5.91 Å². The van der Waals surface area contributed by atoms with E-state index in [1.165, 1.54) is 0 Å². The molecule has 2 aliphatic heterocycles. The van der Waals surface area contributed by atoms with Crippen molar-refractivity contribution in [3.63, 3.8) is 0 Å². The Hall–Kier alpha value is -1.59. The monoisotopic (exact) mass is 337 g/mol. The third-order valence-corrected chi connectivity index (χ3v) is 5.11. The summed E-state index contributed by atoms with van der Waals surface area (Å²) in [5, 5.41) is 2.86. The van der Waals surface area contributed by atoms with Crippen LogP contribution in [0.25, 0.3) is 0 Å². The second-order valence-corrected chi connectivity index (χ2v) is 7.65. The normalized spacial score (nSPS) is 26.7. The number of piperidine rings is 1. The predicted octanol–water partition coefficient (Wildman–Crippen LogP) is 2.38. The van der Waals surface area contributed by atoms with Crippen molar-refractivity contribution in [1.82, 2.24) is 15.1 Å². The lowest BCUT2D eigenvalue weighted by molar-refractivity contribution is -0.140. The molecular formula is C18H31N3O3. The lowest BCUT2D eigenvalue weighted by Gasteiger charge is -2.35. The third kappa shape index (κ3) is 3.73. The van der Waals surface area contributed by atoms with Crippen LogP contribution in [0.15, 0.2) is 0 Å². The van der Waals surface area contributed by atoms with Crippen LogP contribution in [0.4, 0.5) is 4.79 Å². The van der Waals surface area contributed by atoms with Gasteiger partial charge in [0.2, 0.25) is 5.91 Å². The van der Waals surface area contributed by atoms with Crippen LogP contribution in [0.1, 0.15) is 59.8 Å².